The Hall–Kier alpha value is -1.16. The highest BCUT2D eigenvalue weighted by Crippen LogP contribution is 2.57. The molecule has 0 spiro atoms. The molecule has 4 nitrogen and oxygen atoms in total. The van der Waals surface area contributed by atoms with E-state index in [1.807, 2.05) is 6.92 Å². The maximum absolute atomic E-state index is 12.4. The Bertz CT molecular complexity index is 479. The lowest BCUT2D eigenvalue weighted by molar-refractivity contribution is -0.155. The molecule has 5 atom stereocenters. The van der Waals surface area contributed by atoms with Crippen molar-refractivity contribution in [2.45, 2.75) is 51.2 Å². The van der Waals surface area contributed by atoms with Gasteiger partial charge in [0.1, 0.15) is 11.9 Å². The number of esters is 1. The van der Waals surface area contributed by atoms with Crippen LogP contribution in [0.2, 0.25) is 0 Å². The Labute approximate surface area is 112 Å². The van der Waals surface area contributed by atoms with E-state index >= 15 is 0 Å². The molecular formula is C15H20O4. The average Bonchev–Trinajstić information content (AvgIpc) is 2.76. The van der Waals surface area contributed by atoms with E-state index in [-0.39, 0.29) is 23.6 Å². The van der Waals surface area contributed by atoms with E-state index in [4.69, 9.17) is 4.74 Å². The summed E-state index contributed by atoms with van der Waals surface area (Å²) in [6.07, 6.45) is 1.93. The number of rotatable bonds is 0. The molecule has 0 bridgehead atoms. The molecule has 1 N–H and O–H groups in total. The zero-order valence-corrected chi connectivity index (χ0v) is 11.4. The summed E-state index contributed by atoms with van der Waals surface area (Å²) in [5.74, 6) is -0.536. The second kappa shape index (κ2) is 3.69. The first kappa shape index (κ1) is 12.9. The van der Waals surface area contributed by atoms with Gasteiger partial charge in [-0.1, -0.05) is 6.58 Å². The van der Waals surface area contributed by atoms with Gasteiger partial charge in [-0.3, -0.25) is 4.79 Å². The van der Waals surface area contributed by atoms with Gasteiger partial charge in [-0.05, 0) is 33.1 Å². The Morgan fingerprint density at radius 2 is 2.00 bits per heavy atom. The second-order valence-electron chi connectivity index (χ2n) is 6.65. The summed E-state index contributed by atoms with van der Waals surface area (Å²) in [5.41, 5.74) is -1.18. The molecule has 0 aromatic heterocycles. The van der Waals surface area contributed by atoms with Crippen molar-refractivity contribution in [1.29, 1.82) is 0 Å². The van der Waals surface area contributed by atoms with Crippen molar-refractivity contribution in [3.63, 3.8) is 0 Å². The van der Waals surface area contributed by atoms with Crippen LogP contribution in [-0.2, 0) is 14.3 Å². The summed E-state index contributed by atoms with van der Waals surface area (Å²) in [6, 6.07) is 0. The lowest BCUT2D eigenvalue weighted by Crippen LogP contribution is -2.49. The van der Waals surface area contributed by atoms with Crippen LogP contribution in [0.15, 0.2) is 12.2 Å². The second-order valence-corrected chi connectivity index (χ2v) is 6.65. The van der Waals surface area contributed by atoms with Gasteiger partial charge in [0.25, 0.3) is 0 Å². The average molecular weight is 264 g/mol. The Balaban J connectivity index is 2.11. The smallest absolute Gasteiger partial charge is 0.334 e. The molecule has 3 aliphatic rings. The van der Waals surface area contributed by atoms with Crippen LogP contribution in [0, 0.1) is 17.3 Å². The molecule has 2 saturated carbocycles. The summed E-state index contributed by atoms with van der Waals surface area (Å²) in [5, 5.41) is 10.7. The number of carbonyl (C=O) groups is 2. The van der Waals surface area contributed by atoms with Crippen molar-refractivity contribution < 1.29 is 19.4 Å². The maximum Gasteiger partial charge on any atom is 0.334 e. The van der Waals surface area contributed by atoms with E-state index in [1.54, 1.807) is 6.92 Å². The maximum atomic E-state index is 12.4. The largest absolute Gasteiger partial charge is 0.457 e. The van der Waals surface area contributed by atoms with Crippen LogP contribution in [-0.4, -0.2) is 28.6 Å². The van der Waals surface area contributed by atoms with Gasteiger partial charge in [0.05, 0.1) is 11.0 Å². The molecular weight excluding hydrogens is 244 g/mol. The standard InChI is InChI=1S/C15H20O4/c1-8-9-6-7-14(2,18)10-4-5-11(16)15(10,3)12(9)19-13(8)17/h9-10,12,18H,1,4-7H2,2-3H3. The van der Waals surface area contributed by atoms with Gasteiger partial charge in [-0.25, -0.2) is 4.79 Å². The highest BCUT2D eigenvalue weighted by molar-refractivity contribution is 5.94. The third-order valence-corrected chi connectivity index (χ3v) is 5.60. The summed E-state index contributed by atoms with van der Waals surface area (Å²) >= 11 is 0. The Morgan fingerprint density at radius 3 is 2.68 bits per heavy atom. The fraction of sp³-hybridized carbons (Fsp3) is 0.733. The number of carbonyl (C=O) groups excluding carboxylic acids is 2. The first-order valence-corrected chi connectivity index (χ1v) is 6.94. The van der Waals surface area contributed by atoms with E-state index in [2.05, 4.69) is 6.58 Å². The lowest BCUT2D eigenvalue weighted by atomic mass is 9.67. The number of fused-ring (bicyclic) bond motifs is 3. The molecule has 4 heteroatoms. The lowest BCUT2D eigenvalue weighted by Gasteiger charge is -2.40. The summed E-state index contributed by atoms with van der Waals surface area (Å²) in [7, 11) is 0. The third-order valence-electron chi connectivity index (χ3n) is 5.60. The minimum atomic E-state index is -0.877. The molecule has 1 aliphatic heterocycles. The van der Waals surface area contributed by atoms with Crippen molar-refractivity contribution in [2.75, 3.05) is 0 Å². The number of ketones is 1. The topological polar surface area (TPSA) is 63.6 Å². The van der Waals surface area contributed by atoms with E-state index in [0.717, 1.165) is 0 Å². The van der Waals surface area contributed by atoms with Crippen LogP contribution in [0.25, 0.3) is 0 Å². The van der Waals surface area contributed by atoms with Crippen LogP contribution in [0.3, 0.4) is 0 Å². The first-order valence-electron chi connectivity index (χ1n) is 6.94. The van der Waals surface area contributed by atoms with Crippen molar-refractivity contribution in [3.05, 3.63) is 12.2 Å². The highest BCUT2D eigenvalue weighted by Gasteiger charge is 2.64. The monoisotopic (exact) mass is 264 g/mol. The molecule has 19 heavy (non-hydrogen) atoms. The van der Waals surface area contributed by atoms with Crippen molar-refractivity contribution >= 4 is 11.8 Å². The van der Waals surface area contributed by atoms with Crippen LogP contribution < -0.4 is 0 Å². The van der Waals surface area contributed by atoms with Gasteiger partial charge in [0, 0.05) is 23.8 Å². The molecule has 0 amide bonds. The molecule has 104 valence electrons. The Kier molecular flexibility index (Phi) is 2.50. The summed E-state index contributed by atoms with van der Waals surface area (Å²) in [6.45, 7) is 7.48. The molecule has 3 rings (SSSR count). The van der Waals surface area contributed by atoms with Crippen molar-refractivity contribution in [3.8, 4) is 0 Å². The van der Waals surface area contributed by atoms with Gasteiger partial charge < -0.3 is 9.84 Å². The fourth-order valence-corrected chi connectivity index (χ4v) is 4.45. The summed E-state index contributed by atoms with van der Waals surface area (Å²) < 4.78 is 5.47. The number of Topliss-reactive ketones (excluding diaryl/α,β-unsaturated/α-hetero) is 1. The molecule has 0 radical (unpaired) electrons. The normalized spacial score (nSPS) is 49.6. The minimum Gasteiger partial charge on any atom is -0.457 e. The molecule has 0 aromatic rings. The van der Waals surface area contributed by atoms with Gasteiger partial charge in [0.15, 0.2) is 0 Å². The number of ether oxygens (including phenoxy) is 1. The van der Waals surface area contributed by atoms with Crippen molar-refractivity contribution in [1.82, 2.24) is 0 Å². The summed E-state index contributed by atoms with van der Waals surface area (Å²) in [4.78, 5) is 24.2. The molecule has 3 fully saturated rings. The first-order chi connectivity index (χ1) is 8.78. The van der Waals surface area contributed by atoms with E-state index in [9.17, 15) is 14.7 Å². The number of hydrogen-bond acceptors (Lipinski definition) is 4. The number of hydrogen-bond donors (Lipinski definition) is 1. The quantitative estimate of drug-likeness (QED) is 0.533. The van der Waals surface area contributed by atoms with Crippen molar-refractivity contribution in [2.24, 2.45) is 17.3 Å². The van der Waals surface area contributed by atoms with E-state index < -0.39 is 17.1 Å². The van der Waals surface area contributed by atoms with Crippen LogP contribution in [0.4, 0.5) is 0 Å². The van der Waals surface area contributed by atoms with Crippen LogP contribution >= 0.6 is 0 Å². The van der Waals surface area contributed by atoms with Crippen LogP contribution in [0.1, 0.15) is 39.5 Å². The van der Waals surface area contributed by atoms with Gasteiger partial charge in [-0.2, -0.15) is 0 Å². The SMILES string of the molecule is C=C1C(=O)OC2C1CCC(C)(O)C1CCC(=O)C21C. The predicted molar refractivity (Wildman–Crippen MR) is 68.2 cm³/mol. The van der Waals surface area contributed by atoms with Gasteiger partial charge in [0.2, 0.25) is 0 Å². The van der Waals surface area contributed by atoms with Gasteiger partial charge in [-0.15, -0.1) is 0 Å². The fourth-order valence-electron chi connectivity index (χ4n) is 4.45. The Morgan fingerprint density at radius 1 is 1.32 bits per heavy atom. The molecule has 0 aromatic carbocycles. The molecule has 1 saturated heterocycles. The van der Waals surface area contributed by atoms with Crippen LogP contribution in [0.5, 0.6) is 0 Å². The minimum absolute atomic E-state index is 0.108. The third kappa shape index (κ3) is 1.49. The zero-order valence-electron chi connectivity index (χ0n) is 11.4. The van der Waals surface area contributed by atoms with Gasteiger partial charge >= 0.3 is 5.97 Å². The zero-order chi connectivity index (χ0) is 14.0. The highest BCUT2D eigenvalue weighted by atomic mass is 16.6. The number of aliphatic hydroxyl groups is 1. The predicted octanol–water partition coefficient (Wildman–Crippen LogP) is 1.61. The van der Waals surface area contributed by atoms with E-state index in [1.165, 1.54) is 0 Å². The molecule has 1 heterocycles. The molecule has 5 unspecified atom stereocenters. The molecule has 2 aliphatic carbocycles. The van der Waals surface area contributed by atoms with E-state index in [0.29, 0.717) is 31.3 Å².